The largest absolute Gasteiger partial charge is 0.490 e. The molecular formula is C20H20F3N5O4. The van der Waals surface area contributed by atoms with Crippen LogP contribution in [0.5, 0.6) is 5.88 Å². The van der Waals surface area contributed by atoms with E-state index in [2.05, 4.69) is 19.5 Å². The normalized spacial score (nSPS) is 15.8. The number of fused-ring (bicyclic) bond motifs is 1. The van der Waals surface area contributed by atoms with Gasteiger partial charge in [-0.1, -0.05) is 6.07 Å². The molecule has 0 aromatic carbocycles. The molecule has 0 saturated carbocycles. The van der Waals surface area contributed by atoms with Crippen LogP contribution in [0.2, 0.25) is 0 Å². The summed E-state index contributed by atoms with van der Waals surface area (Å²) >= 11 is 0. The van der Waals surface area contributed by atoms with E-state index in [0.717, 1.165) is 11.4 Å². The third-order valence-electron chi connectivity index (χ3n) is 4.59. The van der Waals surface area contributed by atoms with Crippen molar-refractivity contribution >= 4 is 11.9 Å². The molecule has 0 spiro atoms. The first kappa shape index (κ1) is 22.8. The molecule has 1 atom stereocenters. The number of rotatable bonds is 3. The van der Waals surface area contributed by atoms with Crippen molar-refractivity contribution in [2.75, 3.05) is 6.54 Å². The first-order chi connectivity index (χ1) is 15.1. The summed E-state index contributed by atoms with van der Waals surface area (Å²) in [5.74, 6) is -2.29. The Balaban J connectivity index is 0.000000360. The number of aromatic amines is 1. The highest BCUT2D eigenvalue weighted by molar-refractivity contribution is 5.93. The molecule has 2 N–H and O–H groups in total. The number of pyridine rings is 1. The first-order valence-corrected chi connectivity index (χ1v) is 9.46. The molecule has 4 rings (SSSR count). The number of H-pyrrole nitrogens is 1. The number of nitrogens with zero attached hydrogens (tertiary/aromatic N) is 4. The number of amides is 1. The minimum Gasteiger partial charge on any atom is -0.475 e. The van der Waals surface area contributed by atoms with Crippen LogP contribution in [0.4, 0.5) is 13.2 Å². The quantitative estimate of drug-likeness (QED) is 0.633. The predicted octanol–water partition coefficient (Wildman–Crippen LogP) is 2.65. The van der Waals surface area contributed by atoms with Crippen molar-refractivity contribution in [2.24, 2.45) is 0 Å². The van der Waals surface area contributed by atoms with Crippen LogP contribution in [0.15, 0.2) is 49.1 Å². The highest BCUT2D eigenvalue weighted by Crippen LogP contribution is 2.19. The second-order valence-corrected chi connectivity index (χ2v) is 6.92. The number of carboxylic acids is 1. The van der Waals surface area contributed by atoms with Crippen molar-refractivity contribution < 1.29 is 32.6 Å². The molecule has 12 heteroatoms. The molecule has 0 fully saturated rings. The van der Waals surface area contributed by atoms with Crippen molar-refractivity contribution in [3.8, 4) is 5.88 Å². The van der Waals surface area contributed by atoms with Crippen molar-refractivity contribution in [3.63, 3.8) is 0 Å². The third-order valence-corrected chi connectivity index (χ3v) is 4.59. The maximum atomic E-state index is 12.9. The Labute approximate surface area is 180 Å². The molecule has 0 radical (unpaired) electrons. The molecule has 0 saturated heterocycles. The lowest BCUT2D eigenvalue weighted by molar-refractivity contribution is -0.192. The summed E-state index contributed by atoms with van der Waals surface area (Å²) in [5.41, 5.74) is 2.30. The predicted molar refractivity (Wildman–Crippen MR) is 105 cm³/mol. The van der Waals surface area contributed by atoms with Gasteiger partial charge in [0.05, 0.1) is 26.0 Å². The summed E-state index contributed by atoms with van der Waals surface area (Å²) in [6.07, 6.45) is -0.0156. The van der Waals surface area contributed by atoms with Crippen LogP contribution >= 0.6 is 0 Å². The van der Waals surface area contributed by atoms with Gasteiger partial charge in [-0.3, -0.25) is 4.79 Å². The average molecular weight is 451 g/mol. The molecule has 1 amide bonds. The summed E-state index contributed by atoms with van der Waals surface area (Å²) in [4.78, 5) is 35.0. The van der Waals surface area contributed by atoms with E-state index in [-0.39, 0.29) is 12.0 Å². The molecule has 9 nitrogen and oxygen atoms in total. The zero-order valence-corrected chi connectivity index (χ0v) is 16.9. The molecule has 3 aromatic rings. The summed E-state index contributed by atoms with van der Waals surface area (Å²) in [5, 5.41) is 7.12. The number of aryl methyl sites for hydroxylation is 1. The number of nitrogens with one attached hydrogen (secondary N) is 1. The van der Waals surface area contributed by atoms with Gasteiger partial charge < -0.3 is 24.3 Å². The molecule has 32 heavy (non-hydrogen) atoms. The number of alkyl halides is 3. The molecule has 0 aliphatic carbocycles. The van der Waals surface area contributed by atoms with Crippen LogP contribution in [0.1, 0.15) is 21.9 Å². The fraction of sp³-hybridized carbons (Fsp3) is 0.300. The molecule has 1 aliphatic rings. The van der Waals surface area contributed by atoms with Crippen LogP contribution in [0, 0.1) is 6.92 Å². The molecule has 0 bridgehead atoms. The second-order valence-electron chi connectivity index (χ2n) is 6.92. The van der Waals surface area contributed by atoms with E-state index in [0.29, 0.717) is 31.2 Å². The van der Waals surface area contributed by atoms with E-state index < -0.39 is 12.1 Å². The van der Waals surface area contributed by atoms with Gasteiger partial charge in [-0.05, 0) is 25.1 Å². The number of ether oxygens (including phenoxy) is 1. The minimum absolute atomic E-state index is 0.0944. The van der Waals surface area contributed by atoms with Crippen LogP contribution in [-0.4, -0.2) is 60.2 Å². The highest BCUT2D eigenvalue weighted by Gasteiger charge is 2.38. The summed E-state index contributed by atoms with van der Waals surface area (Å²) in [6, 6.07) is 9.57. The number of carbonyl (C=O) groups is 2. The van der Waals surface area contributed by atoms with Crippen molar-refractivity contribution in [2.45, 2.75) is 32.3 Å². The van der Waals surface area contributed by atoms with Gasteiger partial charge in [0, 0.05) is 29.8 Å². The Hall–Kier alpha value is -3.83. The van der Waals surface area contributed by atoms with E-state index in [9.17, 15) is 18.0 Å². The molecule has 1 unspecified atom stereocenters. The molecule has 4 heterocycles. The smallest absolute Gasteiger partial charge is 0.475 e. The van der Waals surface area contributed by atoms with Crippen LogP contribution in [-0.2, 0) is 17.9 Å². The van der Waals surface area contributed by atoms with Gasteiger partial charge in [-0.15, -0.1) is 0 Å². The van der Waals surface area contributed by atoms with E-state index in [4.69, 9.17) is 14.6 Å². The van der Waals surface area contributed by atoms with E-state index >= 15 is 0 Å². The Morgan fingerprint density at radius 2 is 1.94 bits per heavy atom. The number of aromatic nitrogens is 4. The van der Waals surface area contributed by atoms with Crippen LogP contribution in [0.25, 0.3) is 0 Å². The lowest BCUT2D eigenvalue weighted by atomic mass is 10.2. The standard InChI is InChI=1S/C18H19N5O2.C2HF3O2/c1-13-17(21-12-20-13)18(24)23-9-14-5-4-8-22(14)10-15(11-23)25-16-6-2-3-7-19-16;3-2(4,5)1(6)7/h2-8,12,15H,9-11H2,1H3,(H,20,21);(H,6,7). The maximum Gasteiger partial charge on any atom is 0.490 e. The molecule has 1 aliphatic heterocycles. The van der Waals surface area contributed by atoms with Crippen LogP contribution in [0.3, 0.4) is 0 Å². The molecule has 170 valence electrons. The summed E-state index contributed by atoms with van der Waals surface area (Å²) in [7, 11) is 0. The highest BCUT2D eigenvalue weighted by atomic mass is 19.4. The molecule has 3 aromatic heterocycles. The van der Waals surface area contributed by atoms with Crippen LogP contribution < -0.4 is 4.74 Å². The zero-order chi connectivity index (χ0) is 23.3. The number of hydrogen-bond donors (Lipinski definition) is 2. The second kappa shape index (κ2) is 9.54. The number of imidazole rings is 1. The van der Waals surface area contributed by atoms with Gasteiger partial charge in [0.1, 0.15) is 11.8 Å². The van der Waals surface area contributed by atoms with Crippen molar-refractivity contribution in [1.29, 1.82) is 0 Å². The van der Waals surface area contributed by atoms with Gasteiger partial charge in [0.2, 0.25) is 5.88 Å². The van der Waals surface area contributed by atoms with E-state index in [1.165, 1.54) is 0 Å². The zero-order valence-electron chi connectivity index (χ0n) is 16.9. The fourth-order valence-corrected chi connectivity index (χ4v) is 3.10. The number of halogens is 3. The Morgan fingerprint density at radius 1 is 1.19 bits per heavy atom. The lowest BCUT2D eigenvalue weighted by Gasteiger charge is -2.24. The SMILES string of the molecule is Cc1[nH]cnc1C(=O)N1Cc2cccn2CC(Oc2ccccn2)C1.O=C(O)C(F)(F)F. The summed E-state index contributed by atoms with van der Waals surface area (Å²) in [6.45, 7) is 3.52. The fourth-order valence-electron chi connectivity index (χ4n) is 3.10. The number of carbonyl (C=O) groups excluding carboxylic acids is 1. The minimum atomic E-state index is -5.08. The monoisotopic (exact) mass is 451 g/mol. The Morgan fingerprint density at radius 3 is 2.53 bits per heavy atom. The molecular weight excluding hydrogens is 431 g/mol. The van der Waals surface area contributed by atoms with Crippen molar-refractivity contribution in [3.05, 3.63) is 66.1 Å². The van der Waals surface area contributed by atoms with Gasteiger partial charge in [0.25, 0.3) is 5.91 Å². The van der Waals surface area contributed by atoms with Gasteiger partial charge in [-0.2, -0.15) is 13.2 Å². The summed E-state index contributed by atoms with van der Waals surface area (Å²) < 4.78 is 39.9. The lowest BCUT2D eigenvalue weighted by Crippen LogP contribution is -2.39. The maximum absolute atomic E-state index is 12.9. The van der Waals surface area contributed by atoms with E-state index in [1.54, 1.807) is 17.4 Å². The number of carboxylic acid groups (broad SMARTS) is 1. The third kappa shape index (κ3) is 5.65. The average Bonchev–Trinajstić information content (AvgIpc) is 3.32. The van der Waals surface area contributed by atoms with E-state index in [1.807, 2.05) is 43.5 Å². The van der Waals surface area contributed by atoms with Crippen molar-refractivity contribution in [1.82, 2.24) is 24.4 Å². The number of hydrogen-bond acceptors (Lipinski definition) is 5. The van der Waals surface area contributed by atoms with Gasteiger partial charge in [-0.25, -0.2) is 14.8 Å². The van der Waals surface area contributed by atoms with Gasteiger partial charge in [0.15, 0.2) is 0 Å². The Kier molecular flexibility index (Phi) is 6.81. The topological polar surface area (TPSA) is 113 Å². The Bertz CT molecular complexity index is 1060. The first-order valence-electron chi connectivity index (χ1n) is 9.46. The number of aliphatic carboxylic acids is 1. The van der Waals surface area contributed by atoms with Gasteiger partial charge >= 0.3 is 12.1 Å².